The lowest BCUT2D eigenvalue weighted by Crippen LogP contribution is -2.47. The normalized spacial score (nSPS) is 17.1. The summed E-state index contributed by atoms with van der Waals surface area (Å²) in [6, 6.07) is 50.0. The highest BCUT2D eigenvalue weighted by Crippen LogP contribution is 2.60. The fourth-order valence-corrected chi connectivity index (χ4v) is 8.81. The van der Waals surface area contributed by atoms with E-state index in [9.17, 15) is 0 Å². The fourth-order valence-electron chi connectivity index (χ4n) is 8.81. The van der Waals surface area contributed by atoms with Crippen LogP contribution < -0.4 is 0 Å². The van der Waals surface area contributed by atoms with E-state index in [0.29, 0.717) is 0 Å². The second-order valence-electron chi connectivity index (χ2n) is 14.0. The van der Waals surface area contributed by atoms with Crippen molar-refractivity contribution in [2.24, 2.45) is 0 Å². The molecule has 7 aromatic carbocycles. The topological polar surface area (TPSA) is 4.93 Å². The predicted octanol–water partition coefficient (Wildman–Crippen LogP) is 12.0. The van der Waals surface area contributed by atoms with Gasteiger partial charge in [-0.1, -0.05) is 130 Å². The van der Waals surface area contributed by atoms with Crippen LogP contribution in [-0.2, 0) is 10.8 Å². The van der Waals surface area contributed by atoms with Gasteiger partial charge in [0.25, 0.3) is 0 Å². The van der Waals surface area contributed by atoms with Gasteiger partial charge in [0, 0.05) is 27.3 Å². The summed E-state index contributed by atoms with van der Waals surface area (Å²) in [7, 11) is 0. The van der Waals surface area contributed by atoms with E-state index >= 15 is 0 Å². The Labute approximate surface area is 270 Å². The maximum Gasteiger partial charge on any atom is 0.0541 e. The third-order valence-electron chi connectivity index (χ3n) is 11.5. The van der Waals surface area contributed by atoms with Crippen LogP contribution in [0.15, 0.2) is 133 Å². The minimum Gasteiger partial charge on any atom is -0.309 e. The lowest BCUT2D eigenvalue weighted by molar-refractivity contribution is 0.327. The molecule has 0 radical (unpaired) electrons. The van der Waals surface area contributed by atoms with Crippen LogP contribution >= 0.6 is 0 Å². The molecule has 1 heterocycles. The fraction of sp³-hybridized carbons (Fsp3) is 0.156. The zero-order chi connectivity index (χ0) is 31.4. The Hall–Kier alpha value is -5.14. The lowest BCUT2D eigenvalue weighted by Gasteiger charge is -2.51. The molecular weight excluding hydrogens is 555 g/mol. The van der Waals surface area contributed by atoms with Gasteiger partial charge < -0.3 is 4.57 Å². The molecule has 1 heteroatoms. The van der Waals surface area contributed by atoms with E-state index in [4.69, 9.17) is 0 Å². The molecule has 0 fully saturated rings. The summed E-state index contributed by atoms with van der Waals surface area (Å²) in [6.45, 7) is 12.0. The monoisotopic (exact) mass is 591 g/mol. The summed E-state index contributed by atoms with van der Waals surface area (Å²) >= 11 is 0. The SMILES string of the molecule is Cc1cc2c(c3ccccc13)-c1c(cc(C)c3ccccc13)C(C)(c1ccc(-n3c4ccccc4c4ccccc43)cc1)C2(C)C. The van der Waals surface area contributed by atoms with E-state index in [0.717, 1.165) is 0 Å². The van der Waals surface area contributed by atoms with Gasteiger partial charge in [0.2, 0.25) is 0 Å². The summed E-state index contributed by atoms with van der Waals surface area (Å²) in [6.07, 6.45) is 0. The number of aromatic nitrogens is 1. The van der Waals surface area contributed by atoms with Crippen molar-refractivity contribution in [3.8, 4) is 16.8 Å². The van der Waals surface area contributed by atoms with E-state index in [-0.39, 0.29) is 10.8 Å². The van der Waals surface area contributed by atoms with E-state index < -0.39 is 0 Å². The van der Waals surface area contributed by atoms with Gasteiger partial charge in [0.1, 0.15) is 0 Å². The number of benzene rings is 7. The van der Waals surface area contributed by atoms with Crippen LogP contribution in [-0.4, -0.2) is 4.57 Å². The van der Waals surface area contributed by atoms with E-state index in [1.807, 2.05) is 0 Å². The Morgan fingerprint density at radius 3 is 1.37 bits per heavy atom. The maximum atomic E-state index is 2.50. The lowest BCUT2D eigenvalue weighted by atomic mass is 9.51. The molecule has 46 heavy (non-hydrogen) atoms. The molecule has 0 bridgehead atoms. The number of aryl methyl sites for hydroxylation is 2. The van der Waals surface area contributed by atoms with Crippen molar-refractivity contribution in [3.05, 3.63) is 161 Å². The number of rotatable bonds is 2. The van der Waals surface area contributed by atoms with Crippen molar-refractivity contribution in [2.45, 2.75) is 45.4 Å². The molecule has 1 unspecified atom stereocenters. The van der Waals surface area contributed by atoms with Crippen molar-refractivity contribution in [1.82, 2.24) is 4.57 Å². The first-order valence-corrected chi connectivity index (χ1v) is 16.5. The van der Waals surface area contributed by atoms with Crippen molar-refractivity contribution in [2.75, 3.05) is 0 Å². The largest absolute Gasteiger partial charge is 0.309 e. The van der Waals surface area contributed by atoms with Crippen LogP contribution in [0.5, 0.6) is 0 Å². The Bertz CT molecular complexity index is 2470. The molecule has 0 saturated heterocycles. The summed E-state index contributed by atoms with van der Waals surface area (Å²) in [5.74, 6) is 0. The molecule has 0 saturated carbocycles. The van der Waals surface area contributed by atoms with Crippen LogP contribution in [0.4, 0.5) is 0 Å². The second-order valence-corrected chi connectivity index (χ2v) is 14.0. The minimum atomic E-state index is -0.279. The highest BCUT2D eigenvalue weighted by molar-refractivity contribution is 6.11. The molecule has 0 aliphatic heterocycles. The highest BCUT2D eigenvalue weighted by Gasteiger charge is 2.51. The third-order valence-corrected chi connectivity index (χ3v) is 11.5. The maximum absolute atomic E-state index is 2.50. The van der Waals surface area contributed by atoms with Crippen LogP contribution in [0.25, 0.3) is 60.2 Å². The number of fused-ring (bicyclic) bond motifs is 10. The van der Waals surface area contributed by atoms with Gasteiger partial charge in [-0.05, 0) is 98.6 Å². The molecule has 9 rings (SSSR count). The Morgan fingerprint density at radius 1 is 0.435 bits per heavy atom. The number of nitrogens with zero attached hydrogens (tertiary/aromatic N) is 1. The quantitative estimate of drug-likeness (QED) is 0.188. The van der Waals surface area contributed by atoms with Crippen molar-refractivity contribution in [3.63, 3.8) is 0 Å². The van der Waals surface area contributed by atoms with E-state index in [2.05, 4.69) is 173 Å². The van der Waals surface area contributed by atoms with Crippen molar-refractivity contribution < 1.29 is 0 Å². The highest BCUT2D eigenvalue weighted by atomic mass is 15.0. The smallest absolute Gasteiger partial charge is 0.0541 e. The molecule has 1 aliphatic carbocycles. The van der Waals surface area contributed by atoms with Crippen LogP contribution in [0.3, 0.4) is 0 Å². The van der Waals surface area contributed by atoms with Gasteiger partial charge in [0.05, 0.1) is 11.0 Å². The number of hydrogen-bond acceptors (Lipinski definition) is 0. The average Bonchev–Trinajstić information content (AvgIpc) is 3.42. The zero-order valence-electron chi connectivity index (χ0n) is 27.1. The molecule has 0 N–H and O–H groups in total. The summed E-state index contributed by atoms with van der Waals surface area (Å²) in [5, 5.41) is 7.95. The zero-order valence-corrected chi connectivity index (χ0v) is 27.1. The Balaban J connectivity index is 1.34. The number of para-hydroxylation sites is 2. The summed E-state index contributed by atoms with van der Waals surface area (Å²) in [4.78, 5) is 0. The summed E-state index contributed by atoms with van der Waals surface area (Å²) < 4.78 is 2.42. The Morgan fingerprint density at radius 2 is 0.848 bits per heavy atom. The van der Waals surface area contributed by atoms with Gasteiger partial charge >= 0.3 is 0 Å². The molecule has 8 aromatic rings. The first-order valence-electron chi connectivity index (χ1n) is 16.5. The molecule has 0 amide bonds. The van der Waals surface area contributed by atoms with E-state index in [1.165, 1.54) is 88.0 Å². The van der Waals surface area contributed by atoms with Crippen molar-refractivity contribution in [1.29, 1.82) is 0 Å². The molecular formula is C45H37N. The molecule has 222 valence electrons. The van der Waals surface area contributed by atoms with Gasteiger partial charge in [-0.25, -0.2) is 0 Å². The van der Waals surface area contributed by atoms with Crippen molar-refractivity contribution >= 4 is 43.4 Å². The molecule has 1 aliphatic rings. The van der Waals surface area contributed by atoms with Crippen LogP contribution in [0, 0.1) is 13.8 Å². The number of hydrogen-bond donors (Lipinski definition) is 0. The average molecular weight is 592 g/mol. The molecule has 0 spiro atoms. The van der Waals surface area contributed by atoms with Gasteiger partial charge in [-0.3, -0.25) is 0 Å². The Kier molecular flexibility index (Phi) is 5.58. The molecule has 1 aromatic heterocycles. The second kappa shape index (κ2) is 9.44. The third kappa shape index (κ3) is 3.41. The minimum absolute atomic E-state index is 0.187. The first-order chi connectivity index (χ1) is 22.3. The standard InChI is InChI=1S/C45H37N/c1-28-26-38-42(36-18-8-6-14-32(28)36)43-37-19-9-7-15-33(37)29(2)27-39(43)45(5,44(38,3)4)30-22-24-31(25-23-30)46-40-20-12-10-16-34(40)35-17-11-13-21-41(35)46/h6-27H,1-5H3. The first kappa shape index (κ1) is 27.2. The summed E-state index contributed by atoms with van der Waals surface area (Å²) in [5.41, 5.74) is 12.9. The van der Waals surface area contributed by atoms with Crippen LogP contribution in [0.1, 0.15) is 48.6 Å². The molecule has 1 nitrogen and oxygen atoms in total. The van der Waals surface area contributed by atoms with Gasteiger partial charge in [-0.15, -0.1) is 0 Å². The molecule has 1 atom stereocenters. The van der Waals surface area contributed by atoms with Gasteiger partial charge in [-0.2, -0.15) is 0 Å². The van der Waals surface area contributed by atoms with Crippen LogP contribution in [0.2, 0.25) is 0 Å². The van der Waals surface area contributed by atoms with Gasteiger partial charge in [0.15, 0.2) is 0 Å². The predicted molar refractivity (Wildman–Crippen MR) is 197 cm³/mol. The van der Waals surface area contributed by atoms with E-state index in [1.54, 1.807) is 0 Å².